The number of hydrogen-bond donors (Lipinski definition) is 0. The van der Waals surface area contributed by atoms with Crippen LogP contribution in [0.1, 0.15) is 27.8 Å². The second kappa shape index (κ2) is 18.0. The molecule has 0 spiro atoms. The predicted octanol–water partition coefficient (Wildman–Crippen LogP) is 19.7. The summed E-state index contributed by atoms with van der Waals surface area (Å²) in [6.45, 7) is 10.9. The van der Waals surface area contributed by atoms with Gasteiger partial charge in [-0.15, -0.1) is 0 Å². The minimum absolute atomic E-state index is 1.10. The van der Waals surface area contributed by atoms with Gasteiger partial charge < -0.3 is 9.80 Å². The first-order chi connectivity index (χ1) is 34.7. The molecule has 71 heavy (non-hydrogen) atoms. The van der Waals surface area contributed by atoms with Gasteiger partial charge in [-0.25, -0.2) is 0 Å². The van der Waals surface area contributed by atoms with Crippen molar-refractivity contribution < 1.29 is 0 Å². The molecule has 0 saturated carbocycles. The van der Waals surface area contributed by atoms with Crippen molar-refractivity contribution in [3.05, 3.63) is 264 Å². The molecule has 0 aliphatic heterocycles. The molecule has 12 aromatic carbocycles. The molecule has 2 nitrogen and oxygen atoms in total. The van der Waals surface area contributed by atoms with Gasteiger partial charge in [0.2, 0.25) is 0 Å². The number of benzene rings is 12. The summed E-state index contributed by atoms with van der Waals surface area (Å²) < 4.78 is 0. The fourth-order valence-electron chi connectivity index (χ4n) is 10.6. The van der Waals surface area contributed by atoms with Gasteiger partial charge in [-0.3, -0.25) is 0 Å². The van der Waals surface area contributed by atoms with Gasteiger partial charge in [-0.05, 0) is 173 Å². The SMILES string of the molecule is Cc1ccc(-c2cc(-c3ccccc3)cc(N(c3ccc(C)cc3)c3ccc4ccc5c(N(c6cc(-c7ccccc7)cc(-c7ccc(C)cc7)c6)c6ccc(C)cc6C)ccc6ccc3c4c65)c2)cc1. The Morgan fingerprint density at radius 2 is 0.606 bits per heavy atom. The highest BCUT2D eigenvalue weighted by Crippen LogP contribution is 2.49. The van der Waals surface area contributed by atoms with Crippen LogP contribution in [0.15, 0.2) is 237 Å². The highest BCUT2D eigenvalue weighted by Gasteiger charge is 2.24. The Kier molecular flexibility index (Phi) is 11.0. The molecule has 0 atom stereocenters. The fraction of sp³-hybridized carbons (Fsp3) is 0.0725. The molecule has 340 valence electrons. The standard InChI is InChI=1S/C69H54N2/c1-45-16-23-52(24-17-45)58-39-56(50-12-8-6-9-13-50)41-61(42-58)70(60-31-20-47(3)21-32-60)66-36-29-54-28-34-64-67(37-30-55-27-33-63(66)68(54)69(55)64)71(65-35-22-48(4)38-49(65)5)62-43-57(51-14-10-7-11-15-51)40-59(44-62)53-25-18-46(2)19-26-53/h6-44H,1-5H3. The lowest BCUT2D eigenvalue weighted by atomic mass is 9.91. The summed E-state index contributed by atoms with van der Waals surface area (Å²) in [6, 6.07) is 88.1. The quantitative estimate of drug-likeness (QED) is 0.126. The van der Waals surface area contributed by atoms with Crippen LogP contribution in [0.5, 0.6) is 0 Å². The van der Waals surface area contributed by atoms with Gasteiger partial charge >= 0.3 is 0 Å². The van der Waals surface area contributed by atoms with Crippen LogP contribution in [0.3, 0.4) is 0 Å². The number of anilines is 6. The average Bonchev–Trinajstić information content (AvgIpc) is 3.40. The Balaban J connectivity index is 1.11. The van der Waals surface area contributed by atoms with Crippen molar-refractivity contribution in [2.75, 3.05) is 9.80 Å². The molecule has 0 heterocycles. The third-order valence-electron chi connectivity index (χ3n) is 14.3. The summed E-state index contributed by atoms with van der Waals surface area (Å²) in [5.74, 6) is 0. The molecule has 0 N–H and O–H groups in total. The van der Waals surface area contributed by atoms with E-state index in [1.165, 1.54) is 105 Å². The first-order valence-electron chi connectivity index (χ1n) is 24.7. The zero-order valence-corrected chi connectivity index (χ0v) is 40.9. The molecular formula is C69H54N2. The van der Waals surface area contributed by atoms with Crippen LogP contribution in [-0.4, -0.2) is 0 Å². The Hall–Kier alpha value is -8.72. The Morgan fingerprint density at radius 1 is 0.239 bits per heavy atom. The van der Waals surface area contributed by atoms with Crippen molar-refractivity contribution in [3.63, 3.8) is 0 Å². The zero-order valence-electron chi connectivity index (χ0n) is 40.9. The van der Waals surface area contributed by atoms with Crippen molar-refractivity contribution in [2.24, 2.45) is 0 Å². The van der Waals surface area contributed by atoms with Gasteiger partial charge in [0, 0.05) is 33.5 Å². The monoisotopic (exact) mass is 910 g/mol. The van der Waals surface area contributed by atoms with Gasteiger partial charge in [-0.2, -0.15) is 0 Å². The molecular weight excluding hydrogens is 857 g/mol. The van der Waals surface area contributed by atoms with Gasteiger partial charge in [0.05, 0.1) is 11.4 Å². The Bertz CT molecular complexity index is 3890. The second-order valence-electron chi connectivity index (χ2n) is 19.4. The molecule has 0 amide bonds. The van der Waals surface area contributed by atoms with Crippen LogP contribution in [0.4, 0.5) is 34.1 Å². The van der Waals surface area contributed by atoms with E-state index < -0.39 is 0 Å². The summed E-state index contributed by atoms with van der Waals surface area (Å²) >= 11 is 0. The first-order valence-corrected chi connectivity index (χ1v) is 24.7. The van der Waals surface area contributed by atoms with Crippen LogP contribution in [0.2, 0.25) is 0 Å². The summed E-state index contributed by atoms with van der Waals surface area (Å²) in [5, 5.41) is 7.35. The molecule has 0 saturated heterocycles. The van der Waals surface area contributed by atoms with E-state index in [9.17, 15) is 0 Å². The van der Waals surface area contributed by atoms with Crippen molar-refractivity contribution in [1.29, 1.82) is 0 Å². The van der Waals surface area contributed by atoms with Crippen LogP contribution in [0, 0.1) is 34.6 Å². The maximum Gasteiger partial charge on any atom is 0.0540 e. The lowest BCUT2D eigenvalue weighted by Crippen LogP contribution is -2.13. The molecule has 2 heteroatoms. The first kappa shape index (κ1) is 43.6. The lowest BCUT2D eigenvalue weighted by molar-refractivity contribution is 1.25. The van der Waals surface area contributed by atoms with Gasteiger partial charge in [0.25, 0.3) is 0 Å². The van der Waals surface area contributed by atoms with Gasteiger partial charge in [0.15, 0.2) is 0 Å². The fourth-order valence-corrected chi connectivity index (χ4v) is 10.6. The molecule has 0 aliphatic carbocycles. The molecule has 12 rings (SSSR count). The molecule has 0 aliphatic rings. The highest BCUT2D eigenvalue weighted by molar-refractivity contribution is 6.28. The van der Waals surface area contributed by atoms with E-state index in [0.717, 1.165) is 34.1 Å². The number of rotatable bonds is 10. The second-order valence-corrected chi connectivity index (χ2v) is 19.4. The summed E-state index contributed by atoms with van der Waals surface area (Å²) in [5.41, 5.74) is 22.4. The maximum absolute atomic E-state index is 2.51. The third kappa shape index (κ3) is 8.18. The molecule has 0 unspecified atom stereocenters. The minimum Gasteiger partial charge on any atom is -0.310 e. The van der Waals surface area contributed by atoms with Gasteiger partial charge in [-0.1, -0.05) is 192 Å². The molecule has 0 bridgehead atoms. The van der Waals surface area contributed by atoms with Crippen molar-refractivity contribution in [2.45, 2.75) is 34.6 Å². The number of aryl methyl sites for hydroxylation is 5. The van der Waals surface area contributed by atoms with E-state index in [1.807, 2.05) is 0 Å². The third-order valence-corrected chi connectivity index (χ3v) is 14.3. The topological polar surface area (TPSA) is 6.48 Å². The molecule has 0 radical (unpaired) electrons. The summed E-state index contributed by atoms with van der Waals surface area (Å²) in [6.07, 6.45) is 0. The van der Waals surface area contributed by atoms with Crippen molar-refractivity contribution >= 4 is 66.4 Å². The van der Waals surface area contributed by atoms with E-state index >= 15 is 0 Å². The minimum atomic E-state index is 1.10. The predicted molar refractivity (Wildman–Crippen MR) is 305 cm³/mol. The highest BCUT2D eigenvalue weighted by atomic mass is 15.2. The summed E-state index contributed by atoms with van der Waals surface area (Å²) in [7, 11) is 0. The Labute approximate surface area is 417 Å². The van der Waals surface area contributed by atoms with E-state index in [4.69, 9.17) is 0 Å². The zero-order chi connectivity index (χ0) is 48.2. The summed E-state index contributed by atoms with van der Waals surface area (Å²) in [4.78, 5) is 4.98. The van der Waals surface area contributed by atoms with E-state index in [2.05, 4.69) is 281 Å². The van der Waals surface area contributed by atoms with Crippen molar-refractivity contribution in [1.82, 2.24) is 0 Å². The van der Waals surface area contributed by atoms with E-state index in [1.54, 1.807) is 0 Å². The maximum atomic E-state index is 2.51. The van der Waals surface area contributed by atoms with E-state index in [-0.39, 0.29) is 0 Å². The normalized spacial score (nSPS) is 11.5. The molecule has 12 aromatic rings. The van der Waals surface area contributed by atoms with E-state index in [0.29, 0.717) is 0 Å². The van der Waals surface area contributed by atoms with Crippen LogP contribution in [0.25, 0.3) is 76.8 Å². The van der Waals surface area contributed by atoms with Crippen LogP contribution in [-0.2, 0) is 0 Å². The lowest BCUT2D eigenvalue weighted by Gasteiger charge is -2.31. The number of hydrogen-bond acceptors (Lipinski definition) is 2. The number of nitrogens with zero attached hydrogens (tertiary/aromatic N) is 2. The van der Waals surface area contributed by atoms with Crippen LogP contribution < -0.4 is 9.80 Å². The largest absolute Gasteiger partial charge is 0.310 e. The average molecular weight is 911 g/mol. The molecule has 0 fully saturated rings. The Morgan fingerprint density at radius 3 is 1.06 bits per heavy atom. The van der Waals surface area contributed by atoms with Crippen LogP contribution >= 0.6 is 0 Å². The molecule has 0 aromatic heterocycles. The van der Waals surface area contributed by atoms with Crippen molar-refractivity contribution in [3.8, 4) is 44.5 Å². The van der Waals surface area contributed by atoms with Gasteiger partial charge in [0.1, 0.15) is 0 Å². The smallest absolute Gasteiger partial charge is 0.0540 e.